The van der Waals surface area contributed by atoms with Crippen LogP contribution in [0.4, 0.5) is 0 Å². The van der Waals surface area contributed by atoms with Gasteiger partial charge in [-0.1, -0.05) is 80.9 Å². The van der Waals surface area contributed by atoms with Gasteiger partial charge in [0.05, 0.1) is 6.04 Å². The summed E-state index contributed by atoms with van der Waals surface area (Å²) >= 11 is 0. The van der Waals surface area contributed by atoms with Gasteiger partial charge in [-0.2, -0.15) is 0 Å². The van der Waals surface area contributed by atoms with Gasteiger partial charge in [0.15, 0.2) is 0 Å². The molecule has 6 heteroatoms. The topological polar surface area (TPSA) is 64.7 Å². The fraction of sp³-hybridized carbons (Fsp3) is 0.486. The Labute approximate surface area is 245 Å². The van der Waals surface area contributed by atoms with Crippen LogP contribution in [0.3, 0.4) is 0 Å². The lowest BCUT2D eigenvalue weighted by Gasteiger charge is -2.32. The maximum Gasteiger partial charge on any atom is 0.251 e. The first-order valence-corrected chi connectivity index (χ1v) is 15.6. The summed E-state index contributed by atoms with van der Waals surface area (Å²) in [5.74, 6) is 0.836. The third-order valence-electron chi connectivity index (χ3n) is 8.95. The number of nitrogens with zero attached hydrogens (tertiary/aromatic N) is 2. The minimum absolute atomic E-state index is 0.0361. The van der Waals surface area contributed by atoms with Crippen molar-refractivity contribution >= 4 is 22.6 Å². The summed E-state index contributed by atoms with van der Waals surface area (Å²) in [4.78, 5) is 31.7. The van der Waals surface area contributed by atoms with Crippen LogP contribution in [0.1, 0.15) is 67.8 Å². The van der Waals surface area contributed by atoms with E-state index < -0.39 is 0 Å². The van der Waals surface area contributed by atoms with Crippen molar-refractivity contribution in [1.29, 1.82) is 0 Å². The van der Waals surface area contributed by atoms with E-state index >= 15 is 0 Å². The smallest absolute Gasteiger partial charge is 0.251 e. The second kappa shape index (κ2) is 14.1. The van der Waals surface area contributed by atoms with Gasteiger partial charge in [-0.05, 0) is 73.2 Å². The van der Waals surface area contributed by atoms with Crippen molar-refractivity contribution in [2.45, 2.75) is 64.0 Å². The van der Waals surface area contributed by atoms with Gasteiger partial charge in [-0.3, -0.25) is 9.59 Å². The normalized spacial score (nSPS) is 21.1. The van der Waals surface area contributed by atoms with Crippen molar-refractivity contribution in [3.8, 4) is 0 Å². The average molecular weight is 555 g/mol. The molecule has 2 N–H and O–H groups in total. The monoisotopic (exact) mass is 554 g/mol. The summed E-state index contributed by atoms with van der Waals surface area (Å²) in [6, 6.07) is 24.3. The van der Waals surface area contributed by atoms with Gasteiger partial charge in [-0.15, -0.1) is 0 Å². The number of rotatable bonds is 10. The number of piperidine rings is 1. The summed E-state index contributed by atoms with van der Waals surface area (Å²) < 4.78 is 0. The van der Waals surface area contributed by atoms with E-state index in [1.807, 2.05) is 36.4 Å². The Morgan fingerprint density at radius 3 is 2.41 bits per heavy atom. The molecule has 2 amide bonds. The van der Waals surface area contributed by atoms with Crippen molar-refractivity contribution in [2.24, 2.45) is 5.92 Å². The first-order valence-electron chi connectivity index (χ1n) is 15.6. The third-order valence-corrected chi connectivity index (χ3v) is 8.95. The van der Waals surface area contributed by atoms with Gasteiger partial charge < -0.3 is 20.4 Å². The van der Waals surface area contributed by atoms with Crippen molar-refractivity contribution in [2.75, 3.05) is 39.3 Å². The number of carbonyl (C=O) groups excluding carboxylic acids is 2. The Morgan fingerprint density at radius 2 is 1.66 bits per heavy atom. The first-order chi connectivity index (χ1) is 20.0. The molecule has 0 bridgehead atoms. The molecule has 0 aromatic heterocycles. The van der Waals surface area contributed by atoms with Crippen LogP contribution in [0.2, 0.25) is 0 Å². The summed E-state index contributed by atoms with van der Waals surface area (Å²) in [6.07, 6.45) is 5.40. The molecular formula is C35H46N4O2. The summed E-state index contributed by atoms with van der Waals surface area (Å²) in [5.41, 5.74) is 1.95. The van der Waals surface area contributed by atoms with Gasteiger partial charge >= 0.3 is 0 Å². The second-order valence-corrected chi connectivity index (χ2v) is 12.2. The molecule has 218 valence electrons. The number of fused-ring (bicyclic) bond motifs is 1. The van der Waals surface area contributed by atoms with Crippen molar-refractivity contribution in [3.05, 3.63) is 83.9 Å². The molecule has 0 unspecified atom stereocenters. The highest BCUT2D eigenvalue weighted by Gasteiger charge is 2.33. The van der Waals surface area contributed by atoms with Crippen LogP contribution in [0, 0.1) is 5.92 Å². The lowest BCUT2D eigenvalue weighted by Crippen LogP contribution is -2.50. The predicted molar refractivity (Wildman–Crippen MR) is 167 cm³/mol. The number of benzene rings is 3. The highest BCUT2D eigenvalue weighted by atomic mass is 16.2. The van der Waals surface area contributed by atoms with Gasteiger partial charge in [-0.25, -0.2) is 0 Å². The predicted octanol–water partition coefficient (Wildman–Crippen LogP) is 5.44. The van der Waals surface area contributed by atoms with E-state index in [9.17, 15) is 9.59 Å². The van der Waals surface area contributed by atoms with E-state index in [1.165, 1.54) is 24.8 Å². The van der Waals surface area contributed by atoms with Crippen molar-refractivity contribution in [1.82, 2.24) is 20.4 Å². The van der Waals surface area contributed by atoms with Crippen molar-refractivity contribution < 1.29 is 9.59 Å². The van der Waals surface area contributed by atoms with E-state index in [2.05, 4.69) is 70.7 Å². The number of carbonyl (C=O) groups is 2. The Bertz CT molecular complexity index is 1290. The van der Waals surface area contributed by atoms with Gasteiger partial charge in [0.25, 0.3) is 5.91 Å². The summed E-state index contributed by atoms with van der Waals surface area (Å²) in [6.45, 7) is 9.59. The summed E-state index contributed by atoms with van der Waals surface area (Å²) in [7, 11) is 0. The van der Waals surface area contributed by atoms with E-state index in [-0.39, 0.29) is 29.8 Å². The molecule has 2 aliphatic heterocycles. The van der Waals surface area contributed by atoms with Crippen LogP contribution < -0.4 is 10.6 Å². The van der Waals surface area contributed by atoms with E-state index in [0.717, 1.165) is 49.8 Å². The van der Waals surface area contributed by atoms with Crippen molar-refractivity contribution in [3.63, 3.8) is 0 Å². The molecule has 3 atom stereocenters. The maximum atomic E-state index is 14.0. The highest BCUT2D eigenvalue weighted by Crippen LogP contribution is 2.27. The molecule has 0 aliphatic carbocycles. The first kappa shape index (κ1) is 29.3. The number of hydrogen-bond acceptors (Lipinski definition) is 4. The minimum atomic E-state index is -0.245. The zero-order valence-electron chi connectivity index (χ0n) is 24.7. The molecule has 5 rings (SSSR count). The average Bonchev–Trinajstić information content (AvgIpc) is 3.16. The standard InChI is InChI=1S/C35H46N4O2/c1-26(2)32(28-12-5-3-6-13-28)25-39-22-17-31(37-33(35(39)41)18-21-38-19-9-4-10-20-38)24-36-34(40)30-16-15-27-11-7-8-14-29(27)23-30/h3,5-8,11-16,23,26,31-33,37H,4,9-10,17-22,24-25H2,1-2H3,(H,36,40)/t31-,32+,33-/m0/s1. The molecule has 0 saturated carbocycles. The minimum Gasteiger partial charge on any atom is -0.350 e. The Balaban J connectivity index is 1.27. The molecule has 3 aromatic rings. The SMILES string of the molecule is CC(C)[C@@H](CN1CC[C@@H](CNC(=O)c2ccc3ccccc3c2)N[C@@H](CCN2CCCCC2)C1=O)c1ccccc1. The van der Waals surface area contributed by atoms with Crippen LogP contribution in [-0.2, 0) is 4.79 Å². The maximum absolute atomic E-state index is 14.0. The van der Waals surface area contributed by atoms with Gasteiger partial charge in [0, 0.05) is 43.7 Å². The number of nitrogens with one attached hydrogen (secondary N) is 2. The lowest BCUT2D eigenvalue weighted by atomic mass is 9.87. The van der Waals surface area contributed by atoms with Crippen LogP contribution in [0.25, 0.3) is 10.8 Å². The Hall–Kier alpha value is -3.22. The quantitative estimate of drug-likeness (QED) is 0.350. The molecule has 0 spiro atoms. The number of hydrogen-bond donors (Lipinski definition) is 2. The molecule has 3 aromatic carbocycles. The largest absolute Gasteiger partial charge is 0.350 e. The zero-order valence-corrected chi connectivity index (χ0v) is 24.7. The number of likely N-dealkylation sites (tertiary alicyclic amines) is 1. The molecular weight excluding hydrogens is 508 g/mol. The summed E-state index contributed by atoms with van der Waals surface area (Å²) in [5, 5.41) is 9.03. The fourth-order valence-electron chi connectivity index (χ4n) is 6.41. The fourth-order valence-corrected chi connectivity index (χ4v) is 6.41. The van der Waals surface area contributed by atoms with Gasteiger partial charge in [0.1, 0.15) is 0 Å². The number of amides is 2. The van der Waals surface area contributed by atoms with Crippen LogP contribution in [0.15, 0.2) is 72.8 Å². The molecule has 41 heavy (non-hydrogen) atoms. The molecule has 2 aliphatic rings. The lowest BCUT2D eigenvalue weighted by molar-refractivity contribution is -0.133. The molecule has 6 nitrogen and oxygen atoms in total. The van der Waals surface area contributed by atoms with Crippen LogP contribution >= 0.6 is 0 Å². The molecule has 2 fully saturated rings. The Kier molecular flexibility index (Phi) is 10.1. The molecule has 2 saturated heterocycles. The van der Waals surface area contributed by atoms with Crippen LogP contribution in [-0.4, -0.2) is 73.0 Å². The molecule has 0 radical (unpaired) electrons. The molecule has 2 heterocycles. The van der Waals surface area contributed by atoms with Gasteiger partial charge in [0.2, 0.25) is 5.91 Å². The zero-order chi connectivity index (χ0) is 28.6. The van der Waals surface area contributed by atoms with E-state index in [1.54, 1.807) is 0 Å². The van der Waals surface area contributed by atoms with E-state index in [4.69, 9.17) is 0 Å². The van der Waals surface area contributed by atoms with E-state index in [0.29, 0.717) is 24.6 Å². The second-order valence-electron chi connectivity index (χ2n) is 12.2. The highest BCUT2D eigenvalue weighted by molar-refractivity contribution is 5.98. The Morgan fingerprint density at radius 1 is 0.927 bits per heavy atom. The van der Waals surface area contributed by atoms with Crippen LogP contribution in [0.5, 0.6) is 0 Å². The third kappa shape index (κ3) is 7.75.